The fraction of sp³-hybridized carbons (Fsp3) is 0.500. The van der Waals surface area contributed by atoms with Crippen LogP contribution in [-0.4, -0.2) is 77.1 Å². The van der Waals surface area contributed by atoms with E-state index in [0.717, 1.165) is 31.5 Å². The summed E-state index contributed by atoms with van der Waals surface area (Å²) in [6.07, 6.45) is 5.94. The van der Waals surface area contributed by atoms with E-state index in [1.54, 1.807) is 12.4 Å². The molecule has 0 unspecified atom stereocenters. The van der Waals surface area contributed by atoms with Crippen molar-refractivity contribution in [2.75, 3.05) is 45.2 Å². The first kappa shape index (κ1) is 19.8. The molecule has 7 nitrogen and oxygen atoms in total. The molecule has 2 aliphatic heterocycles. The Morgan fingerprint density at radius 3 is 2.55 bits per heavy atom. The van der Waals surface area contributed by atoms with Gasteiger partial charge in [-0.1, -0.05) is 30.3 Å². The van der Waals surface area contributed by atoms with Gasteiger partial charge >= 0.3 is 0 Å². The van der Waals surface area contributed by atoms with Crippen molar-refractivity contribution in [2.24, 2.45) is 0 Å². The third kappa shape index (κ3) is 3.84. The van der Waals surface area contributed by atoms with Crippen LogP contribution in [0, 0.1) is 0 Å². The minimum atomic E-state index is -0.933. The number of nitrogens with zero attached hydrogens (tertiary/aromatic N) is 5. The fourth-order valence-electron chi connectivity index (χ4n) is 4.48. The van der Waals surface area contributed by atoms with E-state index in [4.69, 9.17) is 0 Å². The third-order valence-electron chi connectivity index (χ3n) is 6.16. The quantitative estimate of drug-likeness (QED) is 0.850. The second kappa shape index (κ2) is 8.08. The third-order valence-corrected chi connectivity index (χ3v) is 6.16. The predicted octanol–water partition coefficient (Wildman–Crippen LogP) is 1.74. The Kier molecular flexibility index (Phi) is 5.52. The van der Waals surface area contributed by atoms with E-state index in [1.807, 2.05) is 49.3 Å². The second-order valence-electron chi connectivity index (χ2n) is 8.23. The van der Waals surface area contributed by atoms with Crippen molar-refractivity contribution in [2.45, 2.75) is 30.9 Å². The van der Waals surface area contributed by atoms with Gasteiger partial charge in [0.15, 0.2) is 0 Å². The van der Waals surface area contributed by atoms with Crippen LogP contribution in [0.4, 0.5) is 5.82 Å². The van der Waals surface area contributed by atoms with E-state index in [9.17, 15) is 9.90 Å². The molecule has 29 heavy (non-hydrogen) atoms. The Bertz CT molecular complexity index is 853. The minimum absolute atomic E-state index is 0.0428. The molecule has 2 saturated heterocycles. The number of likely N-dealkylation sites (tertiary alicyclic amines) is 1. The molecular weight excluding hydrogens is 366 g/mol. The van der Waals surface area contributed by atoms with E-state index in [1.165, 1.54) is 0 Å². The molecular formula is C22H29N5O2. The summed E-state index contributed by atoms with van der Waals surface area (Å²) in [6.45, 7) is 2.84. The number of hydrogen-bond donors (Lipinski definition) is 1. The zero-order valence-electron chi connectivity index (χ0n) is 17.2. The van der Waals surface area contributed by atoms with E-state index >= 15 is 0 Å². The molecule has 1 N–H and O–H groups in total. The Labute approximate surface area is 172 Å². The molecule has 2 aliphatic rings. The summed E-state index contributed by atoms with van der Waals surface area (Å²) in [6, 6.07) is 9.75. The molecule has 3 heterocycles. The summed E-state index contributed by atoms with van der Waals surface area (Å²) in [4.78, 5) is 27.6. The van der Waals surface area contributed by atoms with Crippen LogP contribution in [0.3, 0.4) is 0 Å². The first-order valence-corrected chi connectivity index (χ1v) is 10.3. The zero-order valence-corrected chi connectivity index (χ0v) is 17.2. The number of piperidine rings is 1. The molecule has 2 fully saturated rings. The first-order chi connectivity index (χ1) is 14.0. The van der Waals surface area contributed by atoms with Crippen molar-refractivity contribution in [1.29, 1.82) is 0 Å². The Morgan fingerprint density at radius 1 is 1.14 bits per heavy atom. The summed E-state index contributed by atoms with van der Waals surface area (Å²) in [5, 5.41) is 11.6. The molecule has 0 saturated carbocycles. The maximum atomic E-state index is 12.7. The highest BCUT2D eigenvalue weighted by atomic mass is 16.3. The van der Waals surface area contributed by atoms with E-state index in [0.29, 0.717) is 31.0 Å². The van der Waals surface area contributed by atoms with Gasteiger partial charge in [0, 0.05) is 26.2 Å². The molecule has 0 bridgehead atoms. The number of carbonyl (C=O) groups excluding carboxylic acids is 1. The summed E-state index contributed by atoms with van der Waals surface area (Å²) in [5.41, 5.74) is 0.398. The maximum Gasteiger partial charge on any atom is 0.274 e. The lowest BCUT2D eigenvalue weighted by atomic mass is 9.80. The first-order valence-electron chi connectivity index (χ1n) is 10.3. The topological polar surface area (TPSA) is 72.8 Å². The van der Waals surface area contributed by atoms with Crippen LogP contribution in [0.15, 0.2) is 42.7 Å². The van der Waals surface area contributed by atoms with Crippen molar-refractivity contribution in [1.82, 2.24) is 19.8 Å². The smallest absolute Gasteiger partial charge is 0.274 e. The molecule has 0 aliphatic carbocycles. The van der Waals surface area contributed by atoms with Crippen molar-refractivity contribution in [3.05, 3.63) is 54.0 Å². The molecule has 0 radical (unpaired) electrons. The van der Waals surface area contributed by atoms with Crippen LogP contribution < -0.4 is 4.90 Å². The average molecular weight is 396 g/mol. The van der Waals surface area contributed by atoms with Gasteiger partial charge in [-0.3, -0.25) is 9.78 Å². The standard InChI is InChI=1S/C22H29N5O2/c1-25(2)19-16-27(13-10-22(19,29)17-8-4-3-5-9-17)20-15-23-14-18(24-20)21(28)26-11-6-7-12-26/h3-5,8-9,14-15,19,29H,6-7,10-13,16H2,1-2H3/t19-,22+/m1/s1. The van der Waals surface area contributed by atoms with Gasteiger partial charge in [0.1, 0.15) is 17.1 Å². The van der Waals surface area contributed by atoms with Gasteiger partial charge in [-0.2, -0.15) is 0 Å². The van der Waals surface area contributed by atoms with Gasteiger partial charge in [0.05, 0.1) is 18.4 Å². The van der Waals surface area contributed by atoms with Gasteiger partial charge < -0.3 is 19.8 Å². The lowest BCUT2D eigenvalue weighted by Crippen LogP contribution is -2.59. The van der Waals surface area contributed by atoms with Gasteiger partial charge in [0.25, 0.3) is 5.91 Å². The summed E-state index contributed by atoms with van der Waals surface area (Å²) in [5.74, 6) is 0.649. The number of hydrogen-bond acceptors (Lipinski definition) is 6. The largest absolute Gasteiger partial charge is 0.383 e. The molecule has 4 rings (SSSR count). The molecule has 7 heteroatoms. The van der Waals surface area contributed by atoms with Crippen LogP contribution in [0.2, 0.25) is 0 Å². The van der Waals surface area contributed by atoms with Gasteiger partial charge in [-0.05, 0) is 38.9 Å². The van der Waals surface area contributed by atoms with Crippen LogP contribution in [0.25, 0.3) is 0 Å². The number of rotatable bonds is 4. The number of carbonyl (C=O) groups is 1. The van der Waals surface area contributed by atoms with Gasteiger partial charge in [-0.25, -0.2) is 4.98 Å². The van der Waals surface area contributed by atoms with E-state index < -0.39 is 5.60 Å². The maximum absolute atomic E-state index is 12.7. The zero-order chi connectivity index (χ0) is 20.4. The molecule has 2 aromatic rings. The molecule has 1 amide bonds. The SMILES string of the molecule is CN(C)[C@@H]1CN(c2cncc(C(=O)N3CCCC3)n2)CC[C@]1(O)c1ccccc1. The van der Waals surface area contributed by atoms with Crippen molar-refractivity contribution in [3.63, 3.8) is 0 Å². The Morgan fingerprint density at radius 2 is 1.86 bits per heavy atom. The number of anilines is 1. The Hall–Kier alpha value is -2.51. The number of aliphatic hydroxyl groups is 1. The summed E-state index contributed by atoms with van der Waals surface area (Å²) < 4.78 is 0. The minimum Gasteiger partial charge on any atom is -0.383 e. The van der Waals surface area contributed by atoms with Crippen LogP contribution in [0.1, 0.15) is 35.3 Å². The van der Waals surface area contributed by atoms with Gasteiger partial charge in [-0.15, -0.1) is 0 Å². The van der Waals surface area contributed by atoms with E-state index in [-0.39, 0.29) is 11.9 Å². The van der Waals surface area contributed by atoms with Crippen molar-refractivity contribution < 1.29 is 9.90 Å². The van der Waals surface area contributed by atoms with E-state index in [2.05, 4.69) is 19.8 Å². The monoisotopic (exact) mass is 395 g/mol. The van der Waals surface area contributed by atoms with Crippen molar-refractivity contribution in [3.8, 4) is 0 Å². The molecule has 0 spiro atoms. The number of amides is 1. The summed E-state index contributed by atoms with van der Waals surface area (Å²) in [7, 11) is 3.97. The molecule has 154 valence electrons. The van der Waals surface area contributed by atoms with Crippen molar-refractivity contribution >= 4 is 11.7 Å². The highest BCUT2D eigenvalue weighted by Crippen LogP contribution is 2.36. The molecule has 1 aromatic carbocycles. The number of likely N-dealkylation sites (N-methyl/N-ethyl adjacent to an activating group) is 1. The van der Waals surface area contributed by atoms with Crippen LogP contribution in [0.5, 0.6) is 0 Å². The average Bonchev–Trinajstić information content (AvgIpc) is 3.29. The number of benzene rings is 1. The van der Waals surface area contributed by atoms with Crippen LogP contribution >= 0.6 is 0 Å². The molecule has 2 atom stereocenters. The molecule has 1 aromatic heterocycles. The van der Waals surface area contributed by atoms with Gasteiger partial charge in [0.2, 0.25) is 0 Å². The predicted molar refractivity (Wildman–Crippen MR) is 112 cm³/mol. The number of aromatic nitrogens is 2. The highest BCUT2D eigenvalue weighted by molar-refractivity contribution is 5.92. The summed E-state index contributed by atoms with van der Waals surface area (Å²) >= 11 is 0. The van der Waals surface area contributed by atoms with Crippen LogP contribution in [-0.2, 0) is 5.60 Å². The lowest BCUT2D eigenvalue weighted by Gasteiger charge is -2.48. The highest BCUT2D eigenvalue weighted by Gasteiger charge is 2.44. The lowest BCUT2D eigenvalue weighted by molar-refractivity contribution is -0.0527. The Balaban J connectivity index is 1.56. The second-order valence-corrected chi connectivity index (χ2v) is 8.23. The normalized spacial score (nSPS) is 24.9. The fourth-order valence-corrected chi connectivity index (χ4v) is 4.48.